The van der Waals surface area contributed by atoms with Gasteiger partial charge in [0.15, 0.2) is 0 Å². The maximum atomic E-state index is 14.2. The Hall–Kier alpha value is -2.12. The highest BCUT2D eigenvalue weighted by Gasteiger charge is 2.30. The zero-order chi connectivity index (χ0) is 19.1. The van der Waals surface area contributed by atoms with Crippen LogP contribution in [0.25, 0.3) is 0 Å². The lowest BCUT2D eigenvalue weighted by Gasteiger charge is -2.30. The number of rotatable bonds is 9. The summed E-state index contributed by atoms with van der Waals surface area (Å²) < 4.78 is 14.2. The Kier molecular flexibility index (Phi) is 7.41. The quantitative estimate of drug-likeness (QED) is 0.395. The van der Waals surface area contributed by atoms with E-state index in [4.69, 9.17) is 5.11 Å². The molecule has 2 rings (SSSR count). The Morgan fingerprint density at radius 3 is 2.69 bits per heavy atom. The second kappa shape index (κ2) is 9.54. The van der Waals surface area contributed by atoms with Gasteiger partial charge >= 0.3 is 0 Å². The maximum Gasteiger partial charge on any atom is 0.243 e. The van der Waals surface area contributed by atoms with Gasteiger partial charge in [0.2, 0.25) is 11.8 Å². The second-order valence-electron chi connectivity index (χ2n) is 6.68. The number of aliphatic hydroxyl groups excluding tert-OH is 1. The van der Waals surface area contributed by atoms with E-state index in [0.717, 1.165) is 12.8 Å². The molecular weight excluding hydrogens is 339 g/mol. The molecule has 0 spiro atoms. The van der Waals surface area contributed by atoms with Crippen LogP contribution in [0.15, 0.2) is 12.1 Å². The van der Waals surface area contributed by atoms with E-state index >= 15 is 0 Å². The number of piperidine rings is 1. The molecule has 1 unspecified atom stereocenters. The minimum Gasteiger partial charge on any atom is -0.396 e. The number of benzene rings is 1. The monoisotopic (exact) mass is 364 g/mol. The van der Waals surface area contributed by atoms with Crippen molar-refractivity contribution in [3.8, 4) is 0 Å². The largest absolute Gasteiger partial charge is 0.396 e. The predicted molar refractivity (Wildman–Crippen MR) is 94.1 cm³/mol. The van der Waals surface area contributed by atoms with Gasteiger partial charge in [0, 0.05) is 25.1 Å². The molecule has 1 saturated heterocycles. The molecule has 1 aliphatic rings. The van der Waals surface area contributed by atoms with Crippen molar-refractivity contribution >= 4 is 18.1 Å². The highest BCUT2D eigenvalue weighted by atomic mass is 19.1. The fourth-order valence-electron chi connectivity index (χ4n) is 3.21. The number of imide groups is 1. The first-order chi connectivity index (χ1) is 12.5. The summed E-state index contributed by atoms with van der Waals surface area (Å²) in [6, 6.07) is 2.47. The lowest BCUT2D eigenvalue weighted by Crippen LogP contribution is -2.51. The average molecular weight is 364 g/mol. The SMILES string of the molecule is CN(Cc1cc(CCCCCO)c(F)cc1C=O)C1CCC(=O)NC1=O. The average Bonchev–Trinajstić information content (AvgIpc) is 2.60. The first-order valence-electron chi connectivity index (χ1n) is 8.87. The van der Waals surface area contributed by atoms with Gasteiger partial charge in [-0.1, -0.05) is 12.5 Å². The van der Waals surface area contributed by atoms with Crippen molar-refractivity contribution < 1.29 is 23.9 Å². The van der Waals surface area contributed by atoms with Crippen LogP contribution in [-0.4, -0.2) is 47.8 Å². The van der Waals surface area contributed by atoms with Gasteiger partial charge < -0.3 is 5.11 Å². The number of unbranched alkanes of at least 4 members (excludes halogenated alkanes) is 2. The van der Waals surface area contributed by atoms with Crippen LogP contribution in [0.3, 0.4) is 0 Å². The molecule has 1 aromatic rings. The molecule has 0 aromatic heterocycles. The number of carbonyl (C=O) groups excluding carboxylic acids is 3. The lowest BCUT2D eigenvalue weighted by atomic mass is 9.98. The number of halogens is 1. The Balaban J connectivity index is 2.12. The Morgan fingerprint density at radius 2 is 2.04 bits per heavy atom. The number of aldehydes is 1. The van der Waals surface area contributed by atoms with Gasteiger partial charge in [0.05, 0.1) is 6.04 Å². The number of amides is 2. The van der Waals surface area contributed by atoms with Gasteiger partial charge in [0.1, 0.15) is 12.1 Å². The number of carbonyl (C=O) groups is 3. The summed E-state index contributed by atoms with van der Waals surface area (Å²) in [5.41, 5.74) is 1.45. The fraction of sp³-hybridized carbons (Fsp3) is 0.526. The summed E-state index contributed by atoms with van der Waals surface area (Å²) >= 11 is 0. The van der Waals surface area contributed by atoms with Crippen molar-refractivity contribution in [2.45, 2.75) is 51.1 Å². The molecule has 142 valence electrons. The summed E-state index contributed by atoms with van der Waals surface area (Å²) in [7, 11) is 1.75. The Morgan fingerprint density at radius 1 is 1.27 bits per heavy atom. The summed E-state index contributed by atoms with van der Waals surface area (Å²) in [4.78, 5) is 36.4. The number of nitrogens with one attached hydrogen (secondary N) is 1. The molecular formula is C19H25FN2O4. The molecule has 2 amide bonds. The minimum absolute atomic E-state index is 0.120. The van der Waals surface area contributed by atoms with E-state index in [-0.39, 0.29) is 30.4 Å². The molecule has 1 aromatic carbocycles. The third-order valence-electron chi connectivity index (χ3n) is 4.70. The molecule has 6 nitrogen and oxygen atoms in total. The molecule has 26 heavy (non-hydrogen) atoms. The zero-order valence-corrected chi connectivity index (χ0v) is 15.0. The van der Waals surface area contributed by atoms with Crippen molar-refractivity contribution in [3.05, 3.63) is 34.6 Å². The molecule has 1 aliphatic heterocycles. The van der Waals surface area contributed by atoms with Crippen LogP contribution in [-0.2, 0) is 22.6 Å². The Labute approximate surface area is 152 Å². The lowest BCUT2D eigenvalue weighted by molar-refractivity contribution is -0.137. The van der Waals surface area contributed by atoms with Gasteiger partial charge in [0.25, 0.3) is 0 Å². The molecule has 1 fully saturated rings. The van der Waals surface area contributed by atoms with Gasteiger partial charge in [-0.25, -0.2) is 4.39 Å². The van der Waals surface area contributed by atoms with Crippen LogP contribution in [0.1, 0.15) is 53.6 Å². The smallest absolute Gasteiger partial charge is 0.243 e. The standard InChI is InChI=1S/C19H25FN2O4/c1-22(17-6-7-18(25)21-19(17)26)11-14-9-13(5-3-2-4-8-23)16(20)10-15(14)12-24/h9-10,12,17,23H,2-8,11H2,1H3,(H,21,25,26). The molecule has 7 heteroatoms. The third kappa shape index (κ3) is 5.19. The van der Waals surface area contributed by atoms with Crippen LogP contribution in [0, 0.1) is 5.82 Å². The van der Waals surface area contributed by atoms with E-state index in [1.165, 1.54) is 6.07 Å². The van der Waals surface area contributed by atoms with Gasteiger partial charge in [-0.05, 0) is 49.9 Å². The fourth-order valence-corrected chi connectivity index (χ4v) is 3.21. The van der Waals surface area contributed by atoms with Crippen molar-refractivity contribution in [1.82, 2.24) is 10.2 Å². The minimum atomic E-state index is -0.453. The number of hydrogen-bond acceptors (Lipinski definition) is 5. The normalized spacial score (nSPS) is 17.5. The van der Waals surface area contributed by atoms with Crippen LogP contribution in [0.4, 0.5) is 4.39 Å². The maximum absolute atomic E-state index is 14.2. The molecule has 2 N–H and O–H groups in total. The number of aryl methyl sites for hydroxylation is 1. The summed E-state index contributed by atoms with van der Waals surface area (Å²) in [5, 5.41) is 11.1. The van der Waals surface area contributed by atoms with E-state index in [1.54, 1.807) is 18.0 Å². The predicted octanol–water partition coefficient (Wildman–Crippen LogP) is 1.58. The molecule has 0 bridgehead atoms. The summed E-state index contributed by atoms with van der Waals surface area (Å²) in [6.07, 6.45) is 4.08. The third-order valence-corrected chi connectivity index (χ3v) is 4.70. The summed E-state index contributed by atoms with van der Waals surface area (Å²) in [5.74, 6) is -1.04. The van der Waals surface area contributed by atoms with Gasteiger partial charge in [-0.3, -0.25) is 24.6 Å². The Bertz CT molecular complexity index is 678. The first-order valence-corrected chi connectivity index (χ1v) is 8.87. The van der Waals surface area contributed by atoms with Crippen molar-refractivity contribution in [1.29, 1.82) is 0 Å². The molecule has 0 aliphatic carbocycles. The highest BCUT2D eigenvalue weighted by Crippen LogP contribution is 2.21. The highest BCUT2D eigenvalue weighted by molar-refractivity contribution is 6.00. The van der Waals surface area contributed by atoms with E-state index in [1.807, 2.05) is 0 Å². The number of nitrogens with zero attached hydrogens (tertiary/aromatic N) is 1. The van der Waals surface area contributed by atoms with Crippen LogP contribution in [0.2, 0.25) is 0 Å². The molecule has 1 atom stereocenters. The van der Waals surface area contributed by atoms with E-state index in [9.17, 15) is 18.8 Å². The van der Waals surface area contributed by atoms with Gasteiger partial charge in [-0.2, -0.15) is 0 Å². The van der Waals surface area contributed by atoms with E-state index in [2.05, 4.69) is 5.32 Å². The first kappa shape index (κ1) is 20.2. The molecule has 0 saturated carbocycles. The zero-order valence-electron chi connectivity index (χ0n) is 15.0. The van der Waals surface area contributed by atoms with Crippen molar-refractivity contribution in [2.24, 2.45) is 0 Å². The van der Waals surface area contributed by atoms with Crippen molar-refractivity contribution in [2.75, 3.05) is 13.7 Å². The summed E-state index contributed by atoms with van der Waals surface area (Å²) in [6.45, 7) is 0.429. The van der Waals surface area contributed by atoms with E-state index < -0.39 is 11.9 Å². The number of aliphatic hydroxyl groups is 1. The molecule has 1 heterocycles. The van der Waals surface area contributed by atoms with Gasteiger partial charge in [-0.15, -0.1) is 0 Å². The second-order valence-corrected chi connectivity index (χ2v) is 6.68. The topological polar surface area (TPSA) is 86.7 Å². The number of likely N-dealkylation sites (N-methyl/N-ethyl adjacent to an activating group) is 1. The molecule has 0 radical (unpaired) electrons. The van der Waals surface area contributed by atoms with Crippen LogP contribution < -0.4 is 5.32 Å². The number of hydrogen-bond donors (Lipinski definition) is 2. The van der Waals surface area contributed by atoms with E-state index in [0.29, 0.717) is 43.2 Å². The van der Waals surface area contributed by atoms with Crippen LogP contribution in [0.5, 0.6) is 0 Å². The van der Waals surface area contributed by atoms with Crippen molar-refractivity contribution in [3.63, 3.8) is 0 Å². The van der Waals surface area contributed by atoms with Crippen LogP contribution >= 0.6 is 0 Å².